The van der Waals surface area contributed by atoms with Gasteiger partial charge in [-0.2, -0.15) is 0 Å². The van der Waals surface area contributed by atoms with Crippen molar-refractivity contribution < 1.29 is 22.7 Å². The van der Waals surface area contributed by atoms with Crippen LogP contribution < -0.4 is 15.0 Å². The first-order valence-electron chi connectivity index (χ1n) is 6.43. The molecule has 0 saturated heterocycles. The highest BCUT2D eigenvalue weighted by Gasteiger charge is 2.31. The average molecular weight is 328 g/mol. The lowest BCUT2D eigenvalue weighted by Crippen LogP contribution is -2.32. The lowest BCUT2D eigenvalue weighted by Gasteiger charge is -2.20. The molecule has 8 heteroatoms. The van der Waals surface area contributed by atoms with Gasteiger partial charge in [0, 0.05) is 18.8 Å². The van der Waals surface area contributed by atoms with Crippen LogP contribution in [0, 0.1) is 0 Å². The van der Waals surface area contributed by atoms with Crippen LogP contribution in [0.3, 0.4) is 0 Å². The van der Waals surface area contributed by atoms with Gasteiger partial charge in [-0.05, 0) is 35.7 Å². The molecule has 2 heterocycles. The number of hydrogen-bond donors (Lipinski definition) is 1. The molecule has 4 nitrogen and oxygen atoms in total. The van der Waals surface area contributed by atoms with Gasteiger partial charge in [0.25, 0.3) is 5.91 Å². The maximum absolute atomic E-state index is 12.5. The summed E-state index contributed by atoms with van der Waals surface area (Å²) < 4.78 is 40.3. The molecule has 0 fully saturated rings. The molecule has 1 N–H and O–H groups in total. The SMILES string of the molecule is O=C1c2sccc2NCCN1c1ccc(OC(F)(F)F)cc1. The van der Waals surface area contributed by atoms with Crippen LogP contribution in [0.5, 0.6) is 5.75 Å². The highest BCUT2D eigenvalue weighted by Crippen LogP contribution is 2.30. The van der Waals surface area contributed by atoms with Crippen molar-refractivity contribution in [2.75, 3.05) is 23.3 Å². The van der Waals surface area contributed by atoms with Crippen LogP contribution in [0.1, 0.15) is 9.67 Å². The van der Waals surface area contributed by atoms with E-state index < -0.39 is 6.36 Å². The Hall–Kier alpha value is -2.22. The quantitative estimate of drug-likeness (QED) is 0.913. The monoisotopic (exact) mass is 328 g/mol. The number of fused-ring (bicyclic) bond motifs is 1. The van der Waals surface area contributed by atoms with Crippen LogP contribution in [0.4, 0.5) is 24.5 Å². The van der Waals surface area contributed by atoms with Crippen molar-refractivity contribution in [3.63, 3.8) is 0 Å². The van der Waals surface area contributed by atoms with Crippen molar-refractivity contribution >= 4 is 28.6 Å². The lowest BCUT2D eigenvalue weighted by molar-refractivity contribution is -0.274. The summed E-state index contributed by atoms with van der Waals surface area (Å²) in [6, 6.07) is 7.12. The summed E-state index contributed by atoms with van der Waals surface area (Å²) >= 11 is 1.33. The van der Waals surface area contributed by atoms with Crippen molar-refractivity contribution in [1.29, 1.82) is 0 Å². The number of thiophene rings is 1. The van der Waals surface area contributed by atoms with Gasteiger partial charge < -0.3 is 15.0 Å². The predicted octanol–water partition coefficient (Wildman–Crippen LogP) is 3.72. The minimum absolute atomic E-state index is 0.167. The van der Waals surface area contributed by atoms with Crippen LogP contribution in [-0.2, 0) is 0 Å². The Kier molecular flexibility index (Phi) is 3.69. The van der Waals surface area contributed by atoms with Crippen molar-refractivity contribution in [3.05, 3.63) is 40.6 Å². The molecule has 1 aromatic carbocycles. The molecule has 0 spiro atoms. The summed E-state index contributed by atoms with van der Waals surface area (Å²) in [6.45, 7) is 0.996. The molecule has 2 aromatic rings. The third kappa shape index (κ3) is 3.01. The van der Waals surface area contributed by atoms with E-state index in [0.29, 0.717) is 23.7 Å². The number of alkyl halides is 3. The largest absolute Gasteiger partial charge is 0.573 e. The van der Waals surface area contributed by atoms with E-state index in [2.05, 4.69) is 10.1 Å². The number of anilines is 2. The smallest absolute Gasteiger partial charge is 0.406 e. The van der Waals surface area contributed by atoms with Crippen molar-refractivity contribution in [1.82, 2.24) is 0 Å². The molecule has 116 valence electrons. The summed E-state index contributed by atoms with van der Waals surface area (Å²) in [5.41, 5.74) is 1.32. The number of carbonyl (C=O) groups is 1. The van der Waals surface area contributed by atoms with Gasteiger partial charge >= 0.3 is 6.36 Å². The minimum Gasteiger partial charge on any atom is -0.406 e. The van der Waals surface area contributed by atoms with Crippen LogP contribution in [-0.4, -0.2) is 25.4 Å². The lowest BCUT2D eigenvalue weighted by atomic mass is 10.2. The second kappa shape index (κ2) is 5.53. The van der Waals surface area contributed by atoms with Crippen molar-refractivity contribution in [3.8, 4) is 5.75 Å². The third-order valence-electron chi connectivity index (χ3n) is 3.14. The molecular weight excluding hydrogens is 317 g/mol. The van der Waals surface area contributed by atoms with Crippen LogP contribution in [0.15, 0.2) is 35.7 Å². The maximum atomic E-state index is 12.5. The number of amides is 1. The van der Waals surface area contributed by atoms with Gasteiger partial charge in [-0.25, -0.2) is 0 Å². The van der Waals surface area contributed by atoms with Crippen LogP contribution in [0.25, 0.3) is 0 Å². The Morgan fingerprint density at radius 1 is 1.18 bits per heavy atom. The van der Waals surface area contributed by atoms with E-state index >= 15 is 0 Å². The molecular formula is C14H11F3N2O2S. The molecule has 0 radical (unpaired) electrons. The number of rotatable bonds is 2. The van der Waals surface area contributed by atoms with Crippen molar-refractivity contribution in [2.45, 2.75) is 6.36 Å². The van der Waals surface area contributed by atoms with Crippen molar-refractivity contribution in [2.24, 2.45) is 0 Å². The standard InChI is InChI=1S/C14H11F3N2O2S/c15-14(16,17)21-10-3-1-9(2-4-10)19-7-6-18-11-5-8-22-12(11)13(19)20/h1-5,8,18H,6-7H2. The number of halogens is 3. The van der Waals surface area contributed by atoms with Gasteiger partial charge in [-0.15, -0.1) is 24.5 Å². The number of hydrogen-bond acceptors (Lipinski definition) is 4. The fourth-order valence-corrected chi connectivity index (χ4v) is 3.03. The Bertz CT molecular complexity index is 682. The van der Waals surface area contributed by atoms with Gasteiger partial charge in [0.1, 0.15) is 10.6 Å². The second-order valence-electron chi connectivity index (χ2n) is 4.59. The van der Waals surface area contributed by atoms with Gasteiger partial charge in [-0.3, -0.25) is 4.79 Å². The first-order valence-corrected chi connectivity index (χ1v) is 7.31. The molecule has 1 aromatic heterocycles. The first-order chi connectivity index (χ1) is 10.4. The topological polar surface area (TPSA) is 41.6 Å². The van der Waals surface area contributed by atoms with Gasteiger partial charge in [0.2, 0.25) is 0 Å². The molecule has 0 atom stereocenters. The highest BCUT2D eigenvalue weighted by molar-refractivity contribution is 7.12. The fraction of sp³-hybridized carbons (Fsp3) is 0.214. The Balaban J connectivity index is 1.83. The zero-order valence-electron chi connectivity index (χ0n) is 11.2. The minimum atomic E-state index is -4.73. The van der Waals surface area contributed by atoms with Gasteiger partial charge in [-0.1, -0.05) is 0 Å². The summed E-state index contributed by atoms with van der Waals surface area (Å²) in [5, 5.41) is 4.97. The van der Waals surface area contributed by atoms with E-state index in [0.717, 1.165) is 5.69 Å². The summed E-state index contributed by atoms with van der Waals surface area (Å²) in [6.07, 6.45) is -4.73. The predicted molar refractivity (Wildman–Crippen MR) is 77.6 cm³/mol. The molecule has 0 aliphatic carbocycles. The number of nitrogens with one attached hydrogen (secondary N) is 1. The maximum Gasteiger partial charge on any atom is 0.573 e. The number of benzene rings is 1. The molecule has 22 heavy (non-hydrogen) atoms. The molecule has 3 rings (SSSR count). The molecule has 1 aliphatic heterocycles. The highest BCUT2D eigenvalue weighted by atomic mass is 32.1. The average Bonchev–Trinajstić information content (AvgIpc) is 2.85. The van der Waals surface area contributed by atoms with E-state index in [-0.39, 0.29) is 11.7 Å². The van der Waals surface area contributed by atoms with E-state index in [1.54, 1.807) is 0 Å². The fourth-order valence-electron chi connectivity index (χ4n) is 2.21. The third-order valence-corrected chi connectivity index (χ3v) is 4.04. The van der Waals surface area contributed by atoms with E-state index in [9.17, 15) is 18.0 Å². The molecule has 0 saturated carbocycles. The number of carbonyl (C=O) groups excluding carboxylic acids is 1. The second-order valence-corrected chi connectivity index (χ2v) is 5.50. The number of ether oxygens (including phenoxy) is 1. The van der Waals surface area contributed by atoms with E-state index in [1.165, 1.54) is 40.5 Å². The summed E-state index contributed by atoms with van der Waals surface area (Å²) in [5.74, 6) is -0.479. The Labute approximate surface area is 128 Å². The van der Waals surface area contributed by atoms with E-state index in [1.807, 2.05) is 11.4 Å². The van der Waals surface area contributed by atoms with Gasteiger partial charge in [0.15, 0.2) is 0 Å². The zero-order valence-corrected chi connectivity index (χ0v) is 12.0. The summed E-state index contributed by atoms with van der Waals surface area (Å²) in [4.78, 5) is 14.6. The Morgan fingerprint density at radius 2 is 1.91 bits per heavy atom. The first kappa shape index (κ1) is 14.7. The zero-order chi connectivity index (χ0) is 15.7. The van der Waals surface area contributed by atoms with Gasteiger partial charge in [0.05, 0.1) is 5.69 Å². The summed E-state index contributed by atoms with van der Waals surface area (Å²) in [7, 11) is 0. The van der Waals surface area contributed by atoms with Crippen LogP contribution >= 0.6 is 11.3 Å². The molecule has 1 amide bonds. The molecule has 0 unspecified atom stereocenters. The number of nitrogens with zero attached hydrogens (tertiary/aromatic N) is 1. The van der Waals surface area contributed by atoms with Crippen LogP contribution in [0.2, 0.25) is 0 Å². The van der Waals surface area contributed by atoms with E-state index in [4.69, 9.17) is 0 Å². The molecule has 1 aliphatic rings. The molecule has 0 bridgehead atoms. The Morgan fingerprint density at radius 3 is 2.59 bits per heavy atom. The normalized spacial score (nSPS) is 15.0.